The Kier molecular flexibility index (Phi) is 0.698. The molecular weight excluding hydrogens is 132 g/mol. The first-order chi connectivity index (χ1) is 4.73. The second kappa shape index (κ2) is 1.26. The molecule has 0 aromatic heterocycles. The molecule has 4 saturated carbocycles. The van der Waals surface area contributed by atoms with Crippen LogP contribution < -0.4 is 0 Å². The van der Waals surface area contributed by atoms with Crippen LogP contribution in [0.1, 0.15) is 0 Å². The Morgan fingerprint density at radius 1 is 0.500 bits per heavy atom. The van der Waals surface area contributed by atoms with E-state index in [9.17, 15) is 15.3 Å². The fourth-order valence-electron chi connectivity index (χ4n) is 3.13. The van der Waals surface area contributed by atoms with Gasteiger partial charge < -0.3 is 15.3 Å². The van der Waals surface area contributed by atoms with Gasteiger partial charge in [0.15, 0.2) is 0 Å². The van der Waals surface area contributed by atoms with E-state index in [4.69, 9.17) is 0 Å². The lowest BCUT2D eigenvalue weighted by atomic mass is 10.1. The number of rotatable bonds is 0. The molecule has 0 aliphatic heterocycles. The molecule has 4 bridgehead atoms. The maximum atomic E-state index is 9.37. The minimum absolute atomic E-state index is 0.222. The van der Waals surface area contributed by atoms with Crippen LogP contribution in [0.2, 0.25) is 0 Å². The summed E-state index contributed by atoms with van der Waals surface area (Å²) in [5.41, 5.74) is 0. The summed E-state index contributed by atoms with van der Waals surface area (Å²) >= 11 is 0. The topological polar surface area (TPSA) is 60.7 Å². The Hall–Kier alpha value is -0.120. The lowest BCUT2D eigenvalue weighted by Crippen LogP contribution is -2.27. The zero-order chi connectivity index (χ0) is 7.04. The summed E-state index contributed by atoms with van der Waals surface area (Å²) in [7, 11) is 0. The van der Waals surface area contributed by atoms with Gasteiger partial charge in [-0.05, 0) is 17.8 Å². The normalized spacial score (nSPS) is 76.5. The predicted molar refractivity (Wildman–Crippen MR) is 32.0 cm³/mol. The highest BCUT2D eigenvalue weighted by molar-refractivity contribution is 5.25. The van der Waals surface area contributed by atoms with Crippen molar-refractivity contribution >= 4 is 0 Å². The molecule has 4 aliphatic carbocycles. The first-order valence-electron chi connectivity index (χ1n) is 3.77. The van der Waals surface area contributed by atoms with E-state index >= 15 is 0 Å². The van der Waals surface area contributed by atoms with Gasteiger partial charge in [-0.25, -0.2) is 0 Å². The number of aliphatic hydroxyl groups excluding tert-OH is 3. The van der Waals surface area contributed by atoms with Crippen LogP contribution in [0.15, 0.2) is 0 Å². The van der Waals surface area contributed by atoms with Gasteiger partial charge in [0.2, 0.25) is 0 Å². The lowest BCUT2D eigenvalue weighted by molar-refractivity contribution is 0.0205. The van der Waals surface area contributed by atoms with E-state index in [1.165, 1.54) is 0 Å². The smallest absolute Gasteiger partial charge is 0.0653 e. The van der Waals surface area contributed by atoms with Crippen molar-refractivity contribution in [3.8, 4) is 0 Å². The average Bonchev–Trinajstić information content (AvgIpc) is 2.39. The van der Waals surface area contributed by atoms with Crippen LogP contribution in [0.25, 0.3) is 0 Å². The molecule has 3 heteroatoms. The van der Waals surface area contributed by atoms with E-state index in [1.54, 1.807) is 0 Å². The van der Waals surface area contributed by atoms with Crippen LogP contribution >= 0.6 is 0 Å². The molecular formula is C7H10O3. The molecule has 0 heterocycles. The van der Waals surface area contributed by atoms with Crippen molar-refractivity contribution in [2.24, 2.45) is 23.7 Å². The van der Waals surface area contributed by atoms with Crippen LogP contribution in [-0.2, 0) is 0 Å². The minimum Gasteiger partial charge on any atom is -0.392 e. The Labute approximate surface area is 58.3 Å². The van der Waals surface area contributed by atoms with Gasteiger partial charge in [-0.2, -0.15) is 0 Å². The van der Waals surface area contributed by atoms with Crippen LogP contribution in [0, 0.1) is 23.7 Å². The van der Waals surface area contributed by atoms with E-state index in [-0.39, 0.29) is 23.7 Å². The van der Waals surface area contributed by atoms with Crippen LogP contribution in [0.4, 0.5) is 0 Å². The Balaban J connectivity index is 2.06. The van der Waals surface area contributed by atoms with Gasteiger partial charge in [-0.1, -0.05) is 0 Å². The van der Waals surface area contributed by atoms with E-state index in [2.05, 4.69) is 0 Å². The van der Waals surface area contributed by atoms with Crippen LogP contribution in [0.5, 0.6) is 0 Å². The zero-order valence-electron chi connectivity index (χ0n) is 5.38. The van der Waals surface area contributed by atoms with Crippen molar-refractivity contribution in [3.63, 3.8) is 0 Å². The van der Waals surface area contributed by atoms with Gasteiger partial charge in [-0.3, -0.25) is 0 Å². The fraction of sp³-hybridized carbons (Fsp3) is 1.00. The number of hydrogen-bond acceptors (Lipinski definition) is 3. The van der Waals surface area contributed by atoms with Gasteiger partial charge in [0.05, 0.1) is 18.3 Å². The van der Waals surface area contributed by atoms with Crippen molar-refractivity contribution in [2.75, 3.05) is 0 Å². The van der Waals surface area contributed by atoms with Crippen LogP contribution in [-0.4, -0.2) is 33.6 Å². The lowest BCUT2D eigenvalue weighted by Gasteiger charge is -2.13. The largest absolute Gasteiger partial charge is 0.392 e. The van der Waals surface area contributed by atoms with Crippen molar-refractivity contribution < 1.29 is 15.3 Å². The molecule has 0 radical (unpaired) electrons. The van der Waals surface area contributed by atoms with Crippen LogP contribution in [0.3, 0.4) is 0 Å². The first-order valence-corrected chi connectivity index (χ1v) is 3.77. The Bertz CT molecular complexity index is 146. The molecule has 0 aromatic rings. The SMILES string of the molecule is OC1C2C(O)C3C1C3C2O. The fourth-order valence-corrected chi connectivity index (χ4v) is 3.13. The molecule has 0 amide bonds. The Morgan fingerprint density at radius 2 is 0.800 bits per heavy atom. The second-order valence-electron chi connectivity index (χ2n) is 3.78. The zero-order valence-corrected chi connectivity index (χ0v) is 5.38. The predicted octanol–water partition coefficient (Wildman–Crippen LogP) is -1.43. The summed E-state index contributed by atoms with van der Waals surface area (Å²) in [6.45, 7) is 0. The van der Waals surface area contributed by atoms with Gasteiger partial charge in [0, 0.05) is 5.92 Å². The van der Waals surface area contributed by atoms with E-state index < -0.39 is 18.3 Å². The molecule has 10 heavy (non-hydrogen) atoms. The molecule has 4 rings (SSSR count). The van der Waals surface area contributed by atoms with Crippen molar-refractivity contribution in [1.29, 1.82) is 0 Å². The van der Waals surface area contributed by atoms with Crippen molar-refractivity contribution in [1.82, 2.24) is 0 Å². The third-order valence-corrected chi connectivity index (χ3v) is 3.56. The highest BCUT2D eigenvalue weighted by atomic mass is 16.3. The molecule has 0 saturated heterocycles. The maximum Gasteiger partial charge on any atom is 0.0653 e. The maximum absolute atomic E-state index is 9.37. The molecule has 3 atom stereocenters. The minimum atomic E-state index is -0.417. The molecule has 3 N–H and O–H groups in total. The van der Waals surface area contributed by atoms with Gasteiger partial charge >= 0.3 is 0 Å². The first kappa shape index (κ1) is 5.52. The Morgan fingerprint density at radius 3 is 0.900 bits per heavy atom. The molecule has 4 aliphatic rings. The molecule has 0 aromatic carbocycles. The summed E-state index contributed by atoms with van der Waals surface area (Å²) in [5, 5.41) is 28.1. The summed E-state index contributed by atoms with van der Waals surface area (Å²) in [6, 6.07) is 0. The molecule has 3 unspecified atom stereocenters. The van der Waals surface area contributed by atoms with E-state index in [1.807, 2.05) is 0 Å². The highest BCUT2D eigenvalue weighted by Gasteiger charge is 2.78. The highest BCUT2D eigenvalue weighted by Crippen LogP contribution is 2.70. The summed E-state index contributed by atoms with van der Waals surface area (Å²) in [6.07, 6.45) is -1.25. The third kappa shape index (κ3) is 0.325. The molecule has 0 spiro atoms. The second-order valence-corrected chi connectivity index (χ2v) is 3.78. The summed E-state index contributed by atoms with van der Waals surface area (Å²) in [5.74, 6) is 0.472. The quantitative estimate of drug-likeness (QED) is 0.389. The summed E-state index contributed by atoms with van der Waals surface area (Å²) in [4.78, 5) is 0. The monoisotopic (exact) mass is 142 g/mol. The van der Waals surface area contributed by atoms with Crippen molar-refractivity contribution in [3.05, 3.63) is 0 Å². The summed E-state index contributed by atoms with van der Waals surface area (Å²) < 4.78 is 0. The molecule has 4 fully saturated rings. The average molecular weight is 142 g/mol. The third-order valence-electron chi connectivity index (χ3n) is 3.56. The van der Waals surface area contributed by atoms with E-state index in [0.717, 1.165) is 0 Å². The van der Waals surface area contributed by atoms with E-state index in [0.29, 0.717) is 0 Å². The standard InChI is InChI=1S/C7H10O3/c8-5-1-2-3(1)7(10)4(5)6(2)9/h1-10H. The molecule has 56 valence electrons. The van der Waals surface area contributed by atoms with Gasteiger partial charge in [-0.15, -0.1) is 0 Å². The molecule has 3 nitrogen and oxygen atoms in total. The van der Waals surface area contributed by atoms with Crippen molar-refractivity contribution in [2.45, 2.75) is 18.3 Å². The van der Waals surface area contributed by atoms with Gasteiger partial charge in [0.25, 0.3) is 0 Å². The van der Waals surface area contributed by atoms with Gasteiger partial charge in [0.1, 0.15) is 0 Å². The number of aliphatic hydroxyl groups is 3. The number of hydrogen-bond donors (Lipinski definition) is 3.